The molecule has 0 spiro atoms. The maximum Gasteiger partial charge on any atom is 0.186 e. The van der Waals surface area contributed by atoms with E-state index in [9.17, 15) is 35.7 Å². The van der Waals surface area contributed by atoms with E-state index in [4.69, 9.17) is 42.3 Å². The van der Waals surface area contributed by atoms with Gasteiger partial charge in [0.2, 0.25) is 0 Å². The predicted octanol–water partition coefficient (Wildman–Crippen LogP) is -7.35. The summed E-state index contributed by atoms with van der Waals surface area (Å²) in [5.74, 6) is -0.770. The van der Waals surface area contributed by atoms with Crippen molar-refractivity contribution in [3.8, 4) is 0 Å². The first kappa shape index (κ1) is 35.8. The summed E-state index contributed by atoms with van der Waals surface area (Å²) in [7, 11) is 0. The van der Waals surface area contributed by atoms with Crippen molar-refractivity contribution in [2.45, 2.75) is 117 Å². The summed E-state index contributed by atoms with van der Waals surface area (Å²) in [5, 5.41) is 87.7. The van der Waals surface area contributed by atoms with Gasteiger partial charge in [0, 0.05) is 37.1 Å². The Morgan fingerprint density at radius 2 is 1.64 bits per heavy atom. The zero-order valence-electron chi connectivity index (χ0n) is 23.7. The molecule has 0 radical (unpaired) electrons. The third-order valence-electron chi connectivity index (χ3n) is 8.52. The van der Waals surface area contributed by atoms with Crippen LogP contribution in [0.5, 0.6) is 0 Å². The molecule has 2 heterocycles. The Kier molecular flexibility index (Phi) is 14.1. The highest BCUT2D eigenvalue weighted by atomic mass is 16.7. The minimum atomic E-state index is -1.53. The molecule has 17 nitrogen and oxygen atoms in total. The molecule has 16 atom stereocenters. The van der Waals surface area contributed by atoms with E-state index in [0.717, 1.165) is 0 Å². The molecule has 17 heteroatoms. The lowest BCUT2D eigenvalue weighted by atomic mass is 9.72. The molecule has 1 saturated carbocycles. The van der Waals surface area contributed by atoms with E-state index in [1.165, 1.54) is 0 Å². The van der Waals surface area contributed by atoms with Gasteiger partial charge in [-0.3, -0.25) is 5.32 Å². The fourth-order valence-electron chi connectivity index (χ4n) is 6.05. The average Bonchev–Trinajstić information content (AvgIpc) is 2.96. The normalized spacial score (nSPS) is 43.6. The summed E-state index contributed by atoms with van der Waals surface area (Å²) in [6.45, 7) is -0.352. The first-order chi connectivity index (χ1) is 19.9. The smallest absolute Gasteiger partial charge is 0.186 e. The molecule has 2 aliphatic heterocycles. The van der Waals surface area contributed by atoms with E-state index >= 15 is 0 Å². The second-order valence-electron chi connectivity index (χ2n) is 11.7. The third kappa shape index (κ3) is 8.73. The van der Waals surface area contributed by atoms with Crippen LogP contribution in [0.2, 0.25) is 0 Å². The standard InChI is InChI=1S/C25H52N6O11/c26-4-3-15(35)24(39)31-14-5-13(28)17(22-12(27)2-1-11(40-22)7-30-6-10(34)8-32)20(37)23(14)42-25-21(38)18(29)19(36)16(9-33)41-25/h10-25,30-39H,1-9,26-29H2/t10?,11-,12+,13-,14+,15-,16+,17?,18-,19+,20-,21+,22-,23-,24?,25+/m0/s1. The number of nitrogens with two attached hydrogens (primary N) is 4. The topological polar surface area (TPSA) is 318 Å². The molecule has 3 rings (SSSR count). The van der Waals surface area contributed by atoms with E-state index in [1.807, 2.05) is 0 Å². The van der Waals surface area contributed by atoms with Gasteiger partial charge in [0.25, 0.3) is 0 Å². The van der Waals surface area contributed by atoms with Crippen LogP contribution in [0.15, 0.2) is 0 Å². The second-order valence-corrected chi connectivity index (χ2v) is 11.7. The summed E-state index contributed by atoms with van der Waals surface area (Å²) < 4.78 is 18.0. The average molecular weight is 613 g/mol. The Labute approximate surface area is 245 Å². The second kappa shape index (κ2) is 16.6. The molecule has 1 aliphatic carbocycles. The van der Waals surface area contributed by atoms with Crippen molar-refractivity contribution in [2.75, 3.05) is 32.8 Å². The van der Waals surface area contributed by atoms with Crippen molar-refractivity contribution in [3.63, 3.8) is 0 Å². The number of rotatable bonds is 14. The fourth-order valence-corrected chi connectivity index (χ4v) is 6.05. The quantitative estimate of drug-likeness (QED) is 0.0810. The molecule has 0 aromatic rings. The molecule has 2 saturated heterocycles. The van der Waals surface area contributed by atoms with Crippen molar-refractivity contribution in [1.82, 2.24) is 10.6 Å². The number of ether oxygens (including phenoxy) is 3. The van der Waals surface area contributed by atoms with Gasteiger partial charge in [-0.1, -0.05) is 0 Å². The molecule has 3 fully saturated rings. The molecule has 0 aromatic heterocycles. The maximum atomic E-state index is 11.7. The fraction of sp³-hybridized carbons (Fsp3) is 1.00. The number of aliphatic hydroxyl groups excluding tert-OH is 8. The van der Waals surface area contributed by atoms with Gasteiger partial charge in [0.15, 0.2) is 6.29 Å². The van der Waals surface area contributed by atoms with Gasteiger partial charge in [-0.25, -0.2) is 0 Å². The predicted molar refractivity (Wildman–Crippen MR) is 147 cm³/mol. The molecule has 0 aromatic carbocycles. The van der Waals surface area contributed by atoms with E-state index in [-0.39, 0.29) is 38.6 Å². The van der Waals surface area contributed by atoms with E-state index < -0.39 is 98.0 Å². The molecule has 0 amide bonds. The zero-order valence-corrected chi connectivity index (χ0v) is 23.7. The number of aliphatic hydroxyl groups is 8. The van der Waals surface area contributed by atoms with Gasteiger partial charge in [-0.15, -0.1) is 0 Å². The molecule has 42 heavy (non-hydrogen) atoms. The molecule has 0 bridgehead atoms. The molecule has 18 N–H and O–H groups in total. The van der Waals surface area contributed by atoms with Crippen molar-refractivity contribution in [3.05, 3.63) is 0 Å². The van der Waals surface area contributed by atoms with Gasteiger partial charge in [-0.2, -0.15) is 0 Å². The van der Waals surface area contributed by atoms with Crippen LogP contribution in [-0.2, 0) is 14.2 Å². The van der Waals surface area contributed by atoms with E-state index in [0.29, 0.717) is 19.4 Å². The van der Waals surface area contributed by atoms with Crippen LogP contribution in [0, 0.1) is 5.92 Å². The SMILES string of the molecule is NCC[C@H](O)C(O)N[C@@H]1C[C@H](N)C([C@H]2O[C@H](CNCC(O)CO)CC[C@H]2N)[C@H](O)[C@H]1O[C@H]1O[C@H](CO)[C@@H](O)[C@H](N)[C@H]1O. The number of hydrogen-bond acceptors (Lipinski definition) is 17. The van der Waals surface area contributed by atoms with Crippen molar-refractivity contribution in [2.24, 2.45) is 28.9 Å². The largest absolute Gasteiger partial charge is 0.394 e. The lowest BCUT2D eigenvalue weighted by molar-refractivity contribution is -0.307. The highest BCUT2D eigenvalue weighted by molar-refractivity contribution is 5.05. The number of hydrogen-bond donors (Lipinski definition) is 14. The zero-order chi connectivity index (χ0) is 31.1. The Hall–Kier alpha value is -0.680. The first-order valence-corrected chi connectivity index (χ1v) is 14.6. The van der Waals surface area contributed by atoms with Crippen LogP contribution in [0.25, 0.3) is 0 Å². The summed E-state index contributed by atoms with van der Waals surface area (Å²) in [6, 6.07) is -3.29. The summed E-state index contributed by atoms with van der Waals surface area (Å²) >= 11 is 0. The lowest BCUT2D eigenvalue weighted by Crippen LogP contribution is -2.70. The molecule has 3 aliphatic rings. The van der Waals surface area contributed by atoms with Crippen LogP contribution in [0.3, 0.4) is 0 Å². The van der Waals surface area contributed by atoms with Crippen LogP contribution < -0.4 is 33.6 Å². The van der Waals surface area contributed by atoms with Gasteiger partial charge in [0.05, 0.1) is 49.8 Å². The van der Waals surface area contributed by atoms with Gasteiger partial charge < -0.3 is 83.3 Å². The van der Waals surface area contributed by atoms with E-state index in [1.54, 1.807) is 0 Å². The van der Waals surface area contributed by atoms with Gasteiger partial charge in [-0.05, 0) is 32.2 Å². The minimum absolute atomic E-state index is 0.0918. The van der Waals surface area contributed by atoms with Crippen LogP contribution in [0.1, 0.15) is 25.7 Å². The van der Waals surface area contributed by atoms with Crippen LogP contribution in [-0.4, -0.2) is 165 Å². The number of nitrogens with one attached hydrogen (secondary N) is 2. The van der Waals surface area contributed by atoms with Crippen molar-refractivity contribution >= 4 is 0 Å². The molecule has 3 unspecified atom stereocenters. The highest BCUT2D eigenvalue weighted by Gasteiger charge is 2.53. The summed E-state index contributed by atoms with van der Waals surface area (Å²) in [6.07, 6.45) is -11.4. The highest BCUT2D eigenvalue weighted by Crippen LogP contribution is 2.36. The molecular weight excluding hydrogens is 560 g/mol. The van der Waals surface area contributed by atoms with Crippen molar-refractivity contribution < 1.29 is 55.1 Å². The van der Waals surface area contributed by atoms with E-state index in [2.05, 4.69) is 10.6 Å². The Morgan fingerprint density at radius 1 is 0.929 bits per heavy atom. The van der Waals surface area contributed by atoms with Crippen molar-refractivity contribution in [1.29, 1.82) is 0 Å². The Bertz CT molecular complexity index is 793. The van der Waals surface area contributed by atoms with Crippen LogP contribution >= 0.6 is 0 Å². The third-order valence-corrected chi connectivity index (χ3v) is 8.52. The minimum Gasteiger partial charge on any atom is -0.394 e. The summed E-state index contributed by atoms with van der Waals surface area (Å²) in [4.78, 5) is 0. The first-order valence-electron chi connectivity index (χ1n) is 14.6. The monoisotopic (exact) mass is 612 g/mol. The Balaban J connectivity index is 1.82. The summed E-state index contributed by atoms with van der Waals surface area (Å²) in [5.41, 5.74) is 24.5. The Morgan fingerprint density at radius 3 is 2.29 bits per heavy atom. The van der Waals surface area contributed by atoms with Gasteiger partial charge >= 0.3 is 0 Å². The van der Waals surface area contributed by atoms with Crippen LogP contribution in [0.4, 0.5) is 0 Å². The van der Waals surface area contributed by atoms with Gasteiger partial charge in [0.1, 0.15) is 30.6 Å². The molecule has 248 valence electrons. The maximum absolute atomic E-state index is 11.7. The lowest BCUT2D eigenvalue weighted by Gasteiger charge is -2.51. The molecular formula is C25H52N6O11.